The first kappa shape index (κ1) is 11.1. The van der Waals surface area contributed by atoms with Gasteiger partial charge in [-0.2, -0.15) is 0 Å². The van der Waals surface area contributed by atoms with Crippen LogP contribution in [0.2, 0.25) is 0 Å². The molecule has 0 aromatic rings. The molecule has 0 bridgehead atoms. The second-order valence-electron chi connectivity index (χ2n) is 3.24. The highest BCUT2D eigenvalue weighted by atomic mass is 16.6. The maximum absolute atomic E-state index is 11.2. The van der Waals surface area contributed by atoms with E-state index in [1.165, 1.54) is 13.8 Å². The molecule has 0 saturated carbocycles. The van der Waals surface area contributed by atoms with Crippen molar-refractivity contribution in [2.75, 3.05) is 0 Å². The van der Waals surface area contributed by atoms with Crippen molar-refractivity contribution < 1.29 is 24.5 Å². The summed E-state index contributed by atoms with van der Waals surface area (Å²) < 4.78 is 4.81. The molecule has 0 spiro atoms. The number of hydrogen-bond acceptors (Lipinski definition) is 5. The molecule has 0 aromatic carbocycles. The minimum absolute atomic E-state index is 0.445. The maximum Gasteiger partial charge on any atom is 0.217 e. The van der Waals surface area contributed by atoms with Gasteiger partial charge in [0, 0.05) is 6.92 Å². The third-order valence-electron chi connectivity index (χ3n) is 2.05. The predicted octanol–water partition coefficient (Wildman–Crippen LogP) is -1.84. The van der Waals surface area contributed by atoms with Crippen LogP contribution in [0.25, 0.3) is 0 Å². The van der Waals surface area contributed by atoms with Crippen LogP contribution >= 0.6 is 0 Å². The molecule has 0 aliphatic carbocycles. The molecule has 1 fully saturated rings. The van der Waals surface area contributed by atoms with Crippen molar-refractivity contribution in [1.29, 1.82) is 0 Å². The lowest BCUT2D eigenvalue weighted by molar-refractivity contribution is -0.202. The predicted molar refractivity (Wildman–Crippen MR) is 45.2 cm³/mol. The van der Waals surface area contributed by atoms with Gasteiger partial charge in [0.25, 0.3) is 0 Å². The number of rotatable bonds is 1. The summed E-state index contributed by atoms with van der Waals surface area (Å²) in [6.45, 7) is 2.65. The summed E-state index contributed by atoms with van der Waals surface area (Å²) in [7, 11) is 0. The smallest absolute Gasteiger partial charge is 0.217 e. The lowest BCUT2D eigenvalue weighted by Gasteiger charge is -2.34. The van der Waals surface area contributed by atoms with E-state index in [-0.39, 0.29) is 0 Å². The van der Waals surface area contributed by atoms with Crippen LogP contribution in [0.4, 0.5) is 0 Å². The highest BCUT2D eigenvalue weighted by Gasteiger charge is 2.41. The van der Waals surface area contributed by atoms with Gasteiger partial charge in [0.15, 0.2) is 12.1 Å². The molecule has 6 heteroatoms. The largest absolute Gasteiger partial charge is 0.383 e. The minimum Gasteiger partial charge on any atom is -0.383 e. The number of ketones is 1. The van der Waals surface area contributed by atoms with Crippen LogP contribution < -0.4 is 5.32 Å². The Morgan fingerprint density at radius 2 is 2.07 bits per heavy atom. The van der Waals surface area contributed by atoms with Gasteiger partial charge >= 0.3 is 0 Å². The molecule has 1 aliphatic rings. The molecule has 4 atom stereocenters. The molecule has 0 aromatic heterocycles. The summed E-state index contributed by atoms with van der Waals surface area (Å²) in [5, 5.41) is 21.0. The number of nitrogens with one attached hydrogen (secondary N) is 1. The average Bonchev–Trinajstić information content (AvgIpc) is 2.09. The molecule has 6 nitrogen and oxygen atoms in total. The van der Waals surface area contributed by atoms with E-state index in [2.05, 4.69) is 5.32 Å². The standard InChI is InChI=1S/C8H13NO5/c1-3-6(11)7(12)5(8(13)14-3)9-4(2)10/h3,5,7-8,12-13H,1-2H3,(H,9,10)/t3?,5?,7-,8-/m1/s1. The SMILES string of the molecule is CC(=O)NC1[C@H](O)OC(C)C(=O)[C@@H]1O. The van der Waals surface area contributed by atoms with Gasteiger partial charge in [-0.05, 0) is 6.92 Å². The van der Waals surface area contributed by atoms with Crippen molar-refractivity contribution >= 4 is 11.7 Å². The Morgan fingerprint density at radius 3 is 2.57 bits per heavy atom. The lowest BCUT2D eigenvalue weighted by atomic mass is 9.99. The Hall–Kier alpha value is -0.980. The number of hydrogen-bond donors (Lipinski definition) is 3. The molecule has 1 aliphatic heterocycles. The first-order chi connectivity index (χ1) is 6.43. The second kappa shape index (κ2) is 4.04. The average molecular weight is 203 g/mol. The van der Waals surface area contributed by atoms with Crippen LogP contribution in [0.5, 0.6) is 0 Å². The quantitative estimate of drug-likeness (QED) is 0.465. The number of aliphatic hydroxyl groups is 2. The Labute approximate surface area is 80.9 Å². The van der Waals surface area contributed by atoms with Crippen LogP contribution in [-0.4, -0.2) is 46.4 Å². The molecule has 1 amide bonds. The molecular weight excluding hydrogens is 190 g/mol. The van der Waals surface area contributed by atoms with Crippen molar-refractivity contribution in [3.05, 3.63) is 0 Å². The van der Waals surface area contributed by atoms with Crippen LogP contribution in [0.3, 0.4) is 0 Å². The van der Waals surface area contributed by atoms with Gasteiger partial charge in [-0.15, -0.1) is 0 Å². The van der Waals surface area contributed by atoms with E-state index < -0.39 is 36.2 Å². The second-order valence-corrected chi connectivity index (χ2v) is 3.24. The Kier molecular flexibility index (Phi) is 3.20. The van der Waals surface area contributed by atoms with Crippen molar-refractivity contribution in [3.63, 3.8) is 0 Å². The number of ether oxygens (including phenoxy) is 1. The zero-order valence-electron chi connectivity index (χ0n) is 7.93. The first-order valence-electron chi connectivity index (χ1n) is 4.26. The summed E-state index contributed by atoms with van der Waals surface area (Å²) in [5.74, 6) is -0.992. The topological polar surface area (TPSA) is 95.9 Å². The third kappa shape index (κ3) is 2.09. The van der Waals surface area contributed by atoms with Crippen LogP contribution in [0, 0.1) is 0 Å². The molecular formula is C8H13NO5. The number of Topliss-reactive ketones (excluding diaryl/α,β-unsaturated/α-hetero) is 1. The fourth-order valence-corrected chi connectivity index (χ4v) is 1.32. The van der Waals surface area contributed by atoms with E-state index in [1.807, 2.05) is 0 Å². The van der Waals surface area contributed by atoms with Crippen LogP contribution in [0.15, 0.2) is 0 Å². The van der Waals surface area contributed by atoms with Gasteiger partial charge < -0.3 is 20.3 Å². The van der Waals surface area contributed by atoms with Crippen LogP contribution in [-0.2, 0) is 14.3 Å². The van der Waals surface area contributed by atoms with Crippen molar-refractivity contribution in [1.82, 2.24) is 5.32 Å². The Balaban J connectivity index is 2.73. The summed E-state index contributed by atoms with van der Waals surface area (Å²) in [5.41, 5.74) is 0. The molecule has 1 rings (SSSR count). The summed E-state index contributed by atoms with van der Waals surface area (Å²) in [6, 6.07) is -1.09. The van der Waals surface area contributed by atoms with E-state index in [9.17, 15) is 19.8 Å². The molecule has 14 heavy (non-hydrogen) atoms. The molecule has 1 saturated heterocycles. The molecule has 2 unspecified atom stereocenters. The molecule has 3 N–H and O–H groups in total. The fourth-order valence-electron chi connectivity index (χ4n) is 1.32. The Morgan fingerprint density at radius 1 is 1.50 bits per heavy atom. The normalized spacial score (nSPS) is 38.1. The van der Waals surface area contributed by atoms with E-state index >= 15 is 0 Å². The summed E-state index contributed by atoms with van der Waals surface area (Å²) >= 11 is 0. The van der Waals surface area contributed by atoms with Gasteiger partial charge in [0.2, 0.25) is 5.91 Å². The molecule has 80 valence electrons. The fraction of sp³-hybridized carbons (Fsp3) is 0.750. The van der Waals surface area contributed by atoms with Gasteiger partial charge in [-0.3, -0.25) is 9.59 Å². The Bertz CT molecular complexity index is 254. The van der Waals surface area contributed by atoms with E-state index in [0.29, 0.717) is 0 Å². The van der Waals surface area contributed by atoms with Crippen molar-refractivity contribution in [2.24, 2.45) is 0 Å². The van der Waals surface area contributed by atoms with E-state index in [0.717, 1.165) is 0 Å². The number of aliphatic hydroxyl groups excluding tert-OH is 2. The third-order valence-corrected chi connectivity index (χ3v) is 2.05. The van der Waals surface area contributed by atoms with Crippen molar-refractivity contribution in [2.45, 2.75) is 38.4 Å². The van der Waals surface area contributed by atoms with Gasteiger partial charge in [-0.25, -0.2) is 0 Å². The highest BCUT2D eigenvalue weighted by Crippen LogP contribution is 2.15. The number of carbonyl (C=O) groups is 2. The van der Waals surface area contributed by atoms with Gasteiger partial charge in [-0.1, -0.05) is 0 Å². The maximum atomic E-state index is 11.2. The van der Waals surface area contributed by atoms with Crippen LogP contribution in [0.1, 0.15) is 13.8 Å². The number of amides is 1. The summed E-state index contributed by atoms with van der Waals surface area (Å²) in [4.78, 5) is 21.9. The molecule has 1 heterocycles. The number of carbonyl (C=O) groups excluding carboxylic acids is 2. The van der Waals surface area contributed by atoms with E-state index in [1.54, 1.807) is 0 Å². The minimum atomic E-state index is -1.42. The first-order valence-corrected chi connectivity index (χ1v) is 4.26. The summed E-state index contributed by atoms with van der Waals surface area (Å²) in [6.07, 6.45) is -3.63. The van der Waals surface area contributed by atoms with Crippen molar-refractivity contribution in [3.8, 4) is 0 Å². The zero-order valence-corrected chi connectivity index (χ0v) is 7.93. The highest BCUT2D eigenvalue weighted by molar-refractivity contribution is 5.89. The molecule has 0 radical (unpaired) electrons. The van der Waals surface area contributed by atoms with Gasteiger partial charge in [0.1, 0.15) is 18.2 Å². The van der Waals surface area contributed by atoms with Gasteiger partial charge in [0.05, 0.1) is 0 Å². The zero-order chi connectivity index (χ0) is 10.9. The monoisotopic (exact) mass is 203 g/mol. The van der Waals surface area contributed by atoms with E-state index in [4.69, 9.17) is 4.74 Å². The lowest BCUT2D eigenvalue weighted by Crippen LogP contribution is -2.60.